The summed E-state index contributed by atoms with van der Waals surface area (Å²) in [6.07, 6.45) is 0. The second-order valence-corrected chi connectivity index (χ2v) is 7.48. The van der Waals surface area contributed by atoms with E-state index in [4.69, 9.17) is 4.74 Å². The van der Waals surface area contributed by atoms with Crippen LogP contribution in [-0.2, 0) is 16.1 Å². The standard InChI is InChI=1S/C27H23N3O4/c1-2-34-27(33)22-17-21(19-9-5-3-6-10-19)13-14-24(22)28-25(31)18-30-26(32)16-15-23(29-30)20-11-7-4-8-12-20/h3-17H,2,18H2,1H3,(H,28,31). The molecule has 1 heterocycles. The number of anilines is 1. The topological polar surface area (TPSA) is 90.3 Å². The first kappa shape index (κ1) is 22.7. The van der Waals surface area contributed by atoms with Crippen molar-refractivity contribution < 1.29 is 14.3 Å². The molecule has 0 radical (unpaired) electrons. The maximum atomic E-state index is 12.8. The molecule has 0 unspecified atom stereocenters. The van der Waals surface area contributed by atoms with Crippen molar-refractivity contribution in [3.05, 3.63) is 107 Å². The number of nitrogens with one attached hydrogen (secondary N) is 1. The summed E-state index contributed by atoms with van der Waals surface area (Å²) in [5, 5.41) is 7.04. The highest BCUT2D eigenvalue weighted by molar-refractivity contribution is 6.02. The second kappa shape index (κ2) is 10.4. The van der Waals surface area contributed by atoms with E-state index in [1.165, 1.54) is 6.07 Å². The molecule has 7 heteroatoms. The molecule has 0 saturated heterocycles. The Morgan fingerprint density at radius 3 is 2.21 bits per heavy atom. The maximum Gasteiger partial charge on any atom is 0.340 e. The second-order valence-electron chi connectivity index (χ2n) is 7.48. The molecule has 0 spiro atoms. The van der Waals surface area contributed by atoms with Crippen molar-refractivity contribution >= 4 is 17.6 Å². The Hall–Kier alpha value is -4.52. The normalized spacial score (nSPS) is 10.5. The highest BCUT2D eigenvalue weighted by atomic mass is 16.5. The lowest BCUT2D eigenvalue weighted by molar-refractivity contribution is -0.117. The number of carbonyl (C=O) groups excluding carboxylic acids is 2. The summed E-state index contributed by atoms with van der Waals surface area (Å²) in [6, 6.07) is 27.1. The summed E-state index contributed by atoms with van der Waals surface area (Å²) in [5.74, 6) is -1.03. The predicted molar refractivity (Wildman–Crippen MR) is 130 cm³/mol. The van der Waals surface area contributed by atoms with Gasteiger partial charge in [0.15, 0.2) is 0 Å². The Labute approximate surface area is 196 Å². The zero-order valence-electron chi connectivity index (χ0n) is 18.6. The smallest absolute Gasteiger partial charge is 0.340 e. The van der Waals surface area contributed by atoms with Crippen molar-refractivity contribution in [2.45, 2.75) is 13.5 Å². The van der Waals surface area contributed by atoms with Gasteiger partial charge in [0.2, 0.25) is 5.91 Å². The van der Waals surface area contributed by atoms with Gasteiger partial charge in [0.1, 0.15) is 6.54 Å². The molecular formula is C27H23N3O4. The van der Waals surface area contributed by atoms with Gasteiger partial charge in [-0.05, 0) is 36.2 Å². The molecule has 0 bridgehead atoms. The van der Waals surface area contributed by atoms with Gasteiger partial charge in [0, 0.05) is 11.6 Å². The summed E-state index contributed by atoms with van der Waals surface area (Å²) in [5.41, 5.74) is 3.28. The quantitative estimate of drug-likeness (QED) is 0.419. The average Bonchev–Trinajstić information content (AvgIpc) is 2.87. The molecule has 1 amide bonds. The lowest BCUT2D eigenvalue weighted by Crippen LogP contribution is -2.29. The minimum Gasteiger partial charge on any atom is -0.462 e. The predicted octanol–water partition coefficient (Wildman–Crippen LogP) is 4.39. The van der Waals surface area contributed by atoms with Gasteiger partial charge in [0.05, 0.1) is 23.6 Å². The van der Waals surface area contributed by atoms with Gasteiger partial charge in [-0.3, -0.25) is 9.59 Å². The van der Waals surface area contributed by atoms with Crippen molar-refractivity contribution in [3.63, 3.8) is 0 Å². The van der Waals surface area contributed by atoms with Crippen LogP contribution >= 0.6 is 0 Å². The minimum atomic E-state index is -0.544. The molecule has 4 rings (SSSR count). The Kier molecular flexibility index (Phi) is 6.93. The van der Waals surface area contributed by atoms with Crippen LogP contribution in [0.15, 0.2) is 95.8 Å². The molecule has 1 N–H and O–H groups in total. The third-order valence-corrected chi connectivity index (χ3v) is 5.13. The first-order valence-corrected chi connectivity index (χ1v) is 10.8. The SMILES string of the molecule is CCOC(=O)c1cc(-c2ccccc2)ccc1NC(=O)Cn1nc(-c2ccccc2)ccc1=O. The maximum absolute atomic E-state index is 12.8. The van der Waals surface area contributed by atoms with Crippen LogP contribution in [0.4, 0.5) is 5.69 Å². The van der Waals surface area contributed by atoms with E-state index in [-0.39, 0.29) is 18.7 Å². The van der Waals surface area contributed by atoms with Crippen molar-refractivity contribution in [2.24, 2.45) is 0 Å². The van der Waals surface area contributed by atoms with E-state index >= 15 is 0 Å². The zero-order valence-corrected chi connectivity index (χ0v) is 18.6. The fraction of sp³-hybridized carbons (Fsp3) is 0.111. The Morgan fingerprint density at radius 1 is 0.853 bits per heavy atom. The summed E-state index contributed by atoms with van der Waals surface area (Å²) >= 11 is 0. The van der Waals surface area contributed by atoms with Gasteiger partial charge >= 0.3 is 5.97 Å². The zero-order chi connectivity index (χ0) is 23.9. The van der Waals surface area contributed by atoms with Gasteiger partial charge in [-0.1, -0.05) is 66.7 Å². The van der Waals surface area contributed by atoms with E-state index in [1.807, 2.05) is 66.7 Å². The first-order valence-electron chi connectivity index (χ1n) is 10.8. The van der Waals surface area contributed by atoms with Crippen molar-refractivity contribution in [1.82, 2.24) is 9.78 Å². The van der Waals surface area contributed by atoms with E-state index in [9.17, 15) is 14.4 Å². The molecule has 3 aromatic carbocycles. The summed E-state index contributed by atoms with van der Waals surface area (Å²) in [7, 11) is 0. The molecule has 0 saturated carbocycles. The molecule has 4 aromatic rings. The number of aromatic nitrogens is 2. The number of amides is 1. The highest BCUT2D eigenvalue weighted by Crippen LogP contribution is 2.26. The molecule has 170 valence electrons. The Balaban J connectivity index is 1.59. The fourth-order valence-corrected chi connectivity index (χ4v) is 3.49. The largest absolute Gasteiger partial charge is 0.462 e. The van der Waals surface area contributed by atoms with Gasteiger partial charge in [-0.25, -0.2) is 9.48 Å². The van der Waals surface area contributed by atoms with Crippen LogP contribution in [-0.4, -0.2) is 28.3 Å². The van der Waals surface area contributed by atoms with Crippen molar-refractivity contribution in [2.75, 3.05) is 11.9 Å². The lowest BCUT2D eigenvalue weighted by Gasteiger charge is -2.13. The van der Waals surface area contributed by atoms with Crippen molar-refractivity contribution in [3.8, 4) is 22.4 Å². The van der Waals surface area contributed by atoms with E-state index in [1.54, 1.807) is 25.1 Å². The molecule has 0 aliphatic rings. The summed E-state index contributed by atoms with van der Waals surface area (Å²) in [6.45, 7) is 1.62. The highest BCUT2D eigenvalue weighted by Gasteiger charge is 2.17. The molecule has 7 nitrogen and oxygen atoms in total. The van der Waals surface area contributed by atoms with Crippen LogP contribution in [0, 0.1) is 0 Å². The number of ether oxygens (including phenoxy) is 1. The monoisotopic (exact) mass is 453 g/mol. The number of benzene rings is 3. The van der Waals surface area contributed by atoms with Crippen LogP contribution < -0.4 is 10.9 Å². The molecular weight excluding hydrogens is 430 g/mol. The summed E-state index contributed by atoms with van der Waals surface area (Å²) < 4.78 is 6.28. The molecule has 0 fully saturated rings. The van der Waals surface area contributed by atoms with Crippen LogP contribution in [0.2, 0.25) is 0 Å². The summed E-state index contributed by atoms with van der Waals surface area (Å²) in [4.78, 5) is 37.7. The van der Waals surface area contributed by atoms with Crippen molar-refractivity contribution in [1.29, 1.82) is 0 Å². The Bertz CT molecular complexity index is 1370. The minimum absolute atomic E-state index is 0.202. The third-order valence-electron chi connectivity index (χ3n) is 5.13. The number of rotatable bonds is 7. The van der Waals surface area contributed by atoms with E-state index < -0.39 is 17.4 Å². The van der Waals surface area contributed by atoms with Gasteiger partial charge in [0.25, 0.3) is 5.56 Å². The van der Waals surface area contributed by atoms with E-state index in [2.05, 4.69) is 10.4 Å². The first-order chi connectivity index (χ1) is 16.5. The molecule has 1 aromatic heterocycles. The number of hydrogen-bond donors (Lipinski definition) is 1. The molecule has 0 aliphatic heterocycles. The number of hydrogen-bond acceptors (Lipinski definition) is 5. The van der Waals surface area contributed by atoms with E-state index in [0.717, 1.165) is 21.4 Å². The van der Waals surface area contributed by atoms with Gasteiger partial charge in [-0.15, -0.1) is 0 Å². The van der Waals surface area contributed by atoms with Crippen LogP contribution in [0.5, 0.6) is 0 Å². The molecule has 0 atom stereocenters. The Morgan fingerprint density at radius 2 is 1.53 bits per heavy atom. The van der Waals surface area contributed by atoms with Crippen LogP contribution in [0.3, 0.4) is 0 Å². The fourth-order valence-electron chi connectivity index (χ4n) is 3.49. The molecule has 0 aliphatic carbocycles. The van der Waals surface area contributed by atoms with Gasteiger partial charge in [-0.2, -0.15) is 5.10 Å². The van der Waals surface area contributed by atoms with E-state index in [0.29, 0.717) is 11.4 Å². The molecule has 34 heavy (non-hydrogen) atoms. The number of nitrogens with zero attached hydrogens (tertiary/aromatic N) is 2. The lowest BCUT2D eigenvalue weighted by atomic mass is 10.0. The van der Waals surface area contributed by atoms with Crippen LogP contribution in [0.1, 0.15) is 17.3 Å². The van der Waals surface area contributed by atoms with Crippen LogP contribution in [0.25, 0.3) is 22.4 Å². The number of esters is 1. The average molecular weight is 453 g/mol. The van der Waals surface area contributed by atoms with Gasteiger partial charge < -0.3 is 10.1 Å². The third kappa shape index (κ3) is 5.27. The number of carbonyl (C=O) groups is 2.